The van der Waals surface area contributed by atoms with E-state index in [1.165, 1.54) is 6.08 Å². The predicted octanol–water partition coefficient (Wildman–Crippen LogP) is 4.21. The Hall–Kier alpha value is -3.32. The maximum absolute atomic E-state index is 9.21. The second kappa shape index (κ2) is 6.84. The van der Waals surface area contributed by atoms with Crippen molar-refractivity contribution in [2.24, 2.45) is 0 Å². The molecule has 0 amide bonds. The van der Waals surface area contributed by atoms with Gasteiger partial charge in [-0.05, 0) is 29.8 Å². The second-order valence-electron chi connectivity index (χ2n) is 5.18. The minimum atomic E-state index is 0.661. The van der Waals surface area contributed by atoms with Crippen LogP contribution in [-0.4, -0.2) is 19.2 Å². The van der Waals surface area contributed by atoms with Gasteiger partial charge in [-0.15, -0.1) is 0 Å². The van der Waals surface area contributed by atoms with Crippen LogP contribution in [0, 0.1) is 11.3 Å². The van der Waals surface area contributed by atoms with Crippen LogP contribution in [0.1, 0.15) is 11.3 Å². The summed E-state index contributed by atoms with van der Waals surface area (Å²) in [6, 6.07) is 19.4. The first-order chi connectivity index (χ1) is 11.7. The first-order valence-corrected chi connectivity index (χ1v) is 7.44. The molecule has 0 aliphatic heterocycles. The Balaban J connectivity index is 2.16. The number of benzene rings is 2. The van der Waals surface area contributed by atoms with E-state index in [-0.39, 0.29) is 0 Å². The van der Waals surface area contributed by atoms with E-state index in [4.69, 9.17) is 9.47 Å². The highest BCUT2D eigenvalue weighted by Crippen LogP contribution is 2.30. The summed E-state index contributed by atoms with van der Waals surface area (Å²) < 4.78 is 10.6. The zero-order chi connectivity index (χ0) is 16.9. The highest BCUT2D eigenvalue weighted by molar-refractivity contribution is 5.85. The molecule has 118 valence electrons. The van der Waals surface area contributed by atoms with Crippen molar-refractivity contribution in [2.75, 3.05) is 14.2 Å². The second-order valence-corrected chi connectivity index (χ2v) is 5.18. The molecule has 0 atom stereocenters. The van der Waals surface area contributed by atoms with Crippen molar-refractivity contribution < 1.29 is 9.47 Å². The van der Waals surface area contributed by atoms with Crippen LogP contribution in [0.4, 0.5) is 0 Å². The molecule has 3 rings (SSSR count). The fourth-order valence-electron chi connectivity index (χ4n) is 2.55. The van der Waals surface area contributed by atoms with Gasteiger partial charge in [-0.25, -0.2) is 4.98 Å². The van der Waals surface area contributed by atoms with E-state index in [9.17, 15) is 5.26 Å². The SMILES string of the molecule is COc1cc(OC)cc(/C(=C/C#N)c2ccc3ccccc3n2)c1. The highest BCUT2D eigenvalue weighted by atomic mass is 16.5. The quantitative estimate of drug-likeness (QED) is 0.677. The van der Waals surface area contributed by atoms with Crippen LogP contribution >= 0.6 is 0 Å². The lowest BCUT2D eigenvalue weighted by molar-refractivity contribution is 0.394. The zero-order valence-electron chi connectivity index (χ0n) is 13.5. The lowest BCUT2D eigenvalue weighted by atomic mass is 10.0. The number of methoxy groups -OCH3 is 2. The third kappa shape index (κ3) is 3.06. The number of rotatable bonds is 4. The molecule has 4 heteroatoms. The largest absolute Gasteiger partial charge is 0.497 e. The van der Waals surface area contributed by atoms with Crippen LogP contribution in [0.15, 0.2) is 60.7 Å². The molecule has 1 heterocycles. The Kier molecular flexibility index (Phi) is 4.44. The van der Waals surface area contributed by atoms with Crippen LogP contribution in [0.2, 0.25) is 0 Å². The van der Waals surface area contributed by atoms with Gasteiger partial charge in [-0.1, -0.05) is 24.3 Å². The number of aromatic nitrogens is 1. The smallest absolute Gasteiger partial charge is 0.123 e. The van der Waals surface area contributed by atoms with Crippen molar-refractivity contribution in [1.29, 1.82) is 5.26 Å². The Morgan fingerprint density at radius 3 is 2.38 bits per heavy atom. The Bertz CT molecular complexity index is 933. The molecule has 0 aliphatic rings. The number of ether oxygens (including phenoxy) is 2. The summed E-state index contributed by atoms with van der Waals surface area (Å²) in [4.78, 5) is 4.68. The number of hydrogen-bond acceptors (Lipinski definition) is 4. The van der Waals surface area contributed by atoms with Crippen molar-refractivity contribution >= 4 is 16.5 Å². The van der Waals surface area contributed by atoms with Gasteiger partial charge >= 0.3 is 0 Å². The number of allylic oxidation sites excluding steroid dienone is 1. The maximum Gasteiger partial charge on any atom is 0.123 e. The minimum absolute atomic E-state index is 0.661. The molecule has 4 nitrogen and oxygen atoms in total. The number of nitriles is 1. The third-order valence-corrected chi connectivity index (χ3v) is 3.75. The molecule has 0 N–H and O–H groups in total. The standard InChI is InChI=1S/C20H16N2O2/c1-23-16-11-15(12-17(13-16)24-2)18(9-10-21)20-8-7-14-5-3-4-6-19(14)22-20/h3-9,11-13H,1-2H3/b18-9-. The monoisotopic (exact) mass is 316 g/mol. The zero-order valence-corrected chi connectivity index (χ0v) is 13.5. The number of pyridine rings is 1. The van der Waals surface area contributed by atoms with Crippen molar-refractivity contribution in [3.63, 3.8) is 0 Å². The summed E-state index contributed by atoms with van der Waals surface area (Å²) in [6.07, 6.45) is 1.49. The first-order valence-electron chi connectivity index (χ1n) is 7.44. The van der Waals surface area contributed by atoms with E-state index in [1.54, 1.807) is 20.3 Å². The van der Waals surface area contributed by atoms with Gasteiger partial charge in [0, 0.05) is 23.1 Å². The van der Waals surface area contributed by atoms with Gasteiger partial charge in [0.1, 0.15) is 11.5 Å². The fourth-order valence-corrected chi connectivity index (χ4v) is 2.55. The molecule has 2 aromatic carbocycles. The van der Waals surface area contributed by atoms with Crippen molar-refractivity contribution in [3.05, 3.63) is 71.9 Å². The first kappa shape index (κ1) is 15.6. The average molecular weight is 316 g/mol. The third-order valence-electron chi connectivity index (χ3n) is 3.75. The van der Waals surface area contributed by atoms with E-state index in [1.807, 2.05) is 48.5 Å². The summed E-state index contributed by atoms with van der Waals surface area (Å²) in [5.74, 6) is 1.32. The number of para-hydroxylation sites is 1. The molecule has 0 aliphatic carbocycles. The van der Waals surface area contributed by atoms with Crippen molar-refractivity contribution in [3.8, 4) is 17.6 Å². The van der Waals surface area contributed by atoms with Crippen LogP contribution in [0.25, 0.3) is 16.5 Å². The number of fused-ring (bicyclic) bond motifs is 1. The van der Waals surface area contributed by atoms with E-state index in [0.29, 0.717) is 11.5 Å². The maximum atomic E-state index is 9.21. The summed E-state index contributed by atoms with van der Waals surface area (Å²) in [5.41, 5.74) is 3.15. The van der Waals surface area contributed by atoms with Crippen molar-refractivity contribution in [1.82, 2.24) is 4.98 Å². The molecule has 24 heavy (non-hydrogen) atoms. The lowest BCUT2D eigenvalue weighted by Gasteiger charge is -2.11. The van der Waals surface area contributed by atoms with Gasteiger partial charge in [0.15, 0.2) is 0 Å². The number of hydrogen-bond donors (Lipinski definition) is 0. The van der Waals surface area contributed by atoms with E-state index >= 15 is 0 Å². The fraction of sp³-hybridized carbons (Fsp3) is 0.100. The van der Waals surface area contributed by atoms with E-state index < -0.39 is 0 Å². The topological polar surface area (TPSA) is 55.1 Å². The molecular weight excluding hydrogens is 300 g/mol. The summed E-state index contributed by atoms with van der Waals surface area (Å²) in [6.45, 7) is 0. The summed E-state index contributed by atoms with van der Waals surface area (Å²) >= 11 is 0. The summed E-state index contributed by atoms with van der Waals surface area (Å²) in [5, 5.41) is 10.3. The van der Waals surface area contributed by atoms with Gasteiger partial charge in [-0.3, -0.25) is 0 Å². The molecule has 0 saturated carbocycles. The molecule has 1 aromatic heterocycles. The molecule has 0 bridgehead atoms. The molecule has 0 spiro atoms. The molecule has 0 saturated heterocycles. The predicted molar refractivity (Wildman–Crippen MR) is 94.0 cm³/mol. The van der Waals surface area contributed by atoms with Gasteiger partial charge < -0.3 is 9.47 Å². The molecular formula is C20H16N2O2. The van der Waals surface area contributed by atoms with Crippen LogP contribution in [0.5, 0.6) is 11.5 Å². The molecule has 3 aromatic rings. The van der Waals surface area contributed by atoms with Gasteiger partial charge in [-0.2, -0.15) is 5.26 Å². The van der Waals surface area contributed by atoms with E-state index in [2.05, 4.69) is 11.1 Å². The average Bonchev–Trinajstić information content (AvgIpc) is 2.65. The van der Waals surface area contributed by atoms with Gasteiger partial charge in [0.05, 0.1) is 31.5 Å². The Labute approximate surface area is 140 Å². The van der Waals surface area contributed by atoms with Crippen molar-refractivity contribution in [2.45, 2.75) is 0 Å². The van der Waals surface area contributed by atoms with Crippen LogP contribution in [-0.2, 0) is 0 Å². The van der Waals surface area contributed by atoms with Gasteiger partial charge in [0.25, 0.3) is 0 Å². The van der Waals surface area contributed by atoms with Crippen LogP contribution < -0.4 is 9.47 Å². The van der Waals surface area contributed by atoms with E-state index in [0.717, 1.165) is 27.7 Å². The lowest BCUT2D eigenvalue weighted by Crippen LogP contribution is -1.95. The van der Waals surface area contributed by atoms with Crippen LogP contribution in [0.3, 0.4) is 0 Å². The summed E-state index contributed by atoms with van der Waals surface area (Å²) in [7, 11) is 3.20. The number of nitrogens with zero attached hydrogens (tertiary/aromatic N) is 2. The molecule has 0 radical (unpaired) electrons. The van der Waals surface area contributed by atoms with Gasteiger partial charge in [0.2, 0.25) is 0 Å². The molecule has 0 unspecified atom stereocenters. The Morgan fingerprint density at radius 2 is 1.71 bits per heavy atom. The molecule has 0 fully saturated rings. The minimum Gasteiger partial charge on any atom is -0.497 e. The highest BCUT2D eigenvalue weighted by Gasteiger charge is 2.11. The normalized spacial score (nSPS) is 11.1. The Morgan fingerprint density at radius 1 is 1.00 bits per heavy atom.